The topological polar surface area (TPSA) is 121 Å². The molecule has 1 aliphatic rings. The van der Waals surface area contributed by atoms with Gasteiger partial charge in [-0.3, -0.25) is 14.3 Å². The molecule has 0 saturated heterocycles. The summed E-state index contributed by atoms with van der Waals surface area (Å²) in [5, 5.41) is 6.56. The summed E-state index contributed by atoms with van der Waals surface area (Å²) in [6.07, 6.45) is -4.62. The number of ether oxygens (including phenoxy) is 2. The SMILES string of the molecule is [2H]C([2H])([2H])OCc1nn2c(C(=O)N[C@H]3C[C@@H](OC(F)(F)F)C3)ccnc2c1C(N)=O. The summed E-state index contributed by atoms with van der Waals surface area (Å²) < 4.78 is 67.3. The zero-order valence-corrected chi connectivity index (χ0v) is 13.6. The number of carbonyl (C=O) groups excluding carboxylic acids is 2. The predicted octanol–water partition coefficient (Wildman–Crippen LogP) is 0.772. The number of nitrogens with one attached hydrogen (secondary N) is 1. The standard InChI is InChI=1S/C15H16F3N5O4/c1-26-6-9-11(12(19)24)13-20-3-2-10(23(13)22-9)14(25)21-7-4-8(5-7)27-15(16,17)18/h2-3,7-8H,4-6H2,1H3,(H2,19,24)(H,21,25)/t7-,8+/i1D3. The third-order valence-electron chi connectivity index (χ3n) is 4.01. The first kappa shape index (κ1) is 15.3. The highest BCUT2D eigenvalue weighted by Gasteiger charge is 2.40. The van der Waals surface area contributed by atoms with Gasteiger partial charge in [0.05, 0.1) is 16.8 Å². The monoisotopic (exact) mass is 390 g/mol. The molecule has 0 atom stereocenters. The van der Waals surface area contributed by atoms with Crippen molar-refractivity contribution in [3.05, 3.63) is 29.2 Å². The number of carbonyl (C=O) groups is 2. The molecule has 0 spiro atoms. The van der Waals surface area contributed by atoms with Gasteiger partial charge in [0.1, 0.15) is 17.0 Å². The van der Waals surface area contributed by atoms with Crippen molar-refractivity contribution in [1.82, 2.24) is 19.9 Å². The fourth-order valence-corrected chi connectivity index (χ4v) is 2.81. The minimum atomic E-state index is -4.75. The highest BCUT2D eigenvalue weighted by molar-refractivity contribution is 6.01. The van der Waals surface area contributed by atoms with Crippen LogP contribution >= 0.6 is 0 Å². The van der Waals surface area contributed by atoms with E-state index in [1.54, 1.807) is 0 Å². The Morgan fingerprint density at radius 1 is 1.48 bits per heavy atom. The summed E-state index contributed by atoms with van der Waals surface area (Å²) in [7, 11) is -2.75. The number of nitrogens with zero attached hydrogens (tertiary/aromatic N) is 3. The molecule has 146 valence electrons. The summed E-state index contributed by atoms with van der Waals surface area (Å²) in [5.41, 5.74) is 4.82. The lowest BCUT2D eigenvalue weighted by Crippen LogP contribution is -2.49. The van der Waals surface area contributed by atoms with E-state index in [2.05, 4.69) is 24.9 Å². The van der Waals surface area contributed by atoms with Crippen LogP contribution in [0.25, 0.3) is 5.65 Å². The molecule has 0 radical (unpaired) electrons. The van der Waals surface area contributed by atoms with Crippen molar-refractivity contribution in [3.8, 4) is 0 Å². The molecule has 0 aliphatic heterocycles. The summed E-state index contributed by atoms with van der Waals surface area (Å²) in [6.45, 7) is -0.585. The van der Waals surface area contributed by atoms with Gasteiger partial charge in [0.2, 0.25) is 0 Å². The number of primary amides is 1. The molecule has 2 aromatic rings. The highest BCUT2D eigenvalue weighted by Crippen LogP contribution is 2.30. The molecule has 2 amide bonds. The normalized spacial score (nSPS) is 21.8. The van der Waals surface area contributed by atoms with E-state index >= 15 is 0 Å². The van der Waals surface area contributed by atoms with E-state index in [-0.39, 0.29) is 35.4 Å². The number of fused-ring (bicyclic) bond motifs is 1. The number of methoxy groups -OCH3 is 1. The molecule has 0 aromatic carbocycles. The Hall–Kier alpha value is -2.73. The van der Waals surface area contributed by atoms with Crippen molar-refractivity contribution < 1.29 is 36.3 Å². The van der Waals surface area contributed by atoms with Crippen LogP contribution in [0, 0.1) is 0 Å². The van der Waals surface area contributed by atoms with Crippen LogP contribution in [0.15, 0.2) is 12.3 Å². The van der Waals surface area contributed by atoms with Crippen LogP contribution in [0.1, 0.15) is 43.5 Å². The number of hydrogen-bond acceptors (Lipinski definition) is 6. The zero-order valence-electron chi connectivity index (χ0n) is 16.6. The summed E-state index contributed by atoms with van der Waals surface area (Å²) >= 11 is 0. The fraction of sp³-hybridized carbons (Fsp3) is 0.467. The smallest absolute Gasteiger partial charge is 0.378 e. The average Bonchev–Trinajstić information content (AvgIpc) is 2.94. The molecule has 12 heteroatoms. The minimum absolute atomic E-state index is 0.0250. The predicted molar refractivity (Wildman–Crippen MR) is 83.6 cm³/mol. The van der Waals surface area contributed by atoms with Gasteiger partial charge in [0.25, 0.3) is 11.8 Å². The molecule has 3 N–H and O–H groups in total. The molecule has 0 bridgehead atoms. The fourth-order valence-electron chi connectivity index (χ4n) is 2.81. The Bertz CT molecular complexity index is 973. The molecule has 2 heterocycles. The van der Waals surface area contributed by atoms with Gasteiger partial charge in [-0.2, -0.15) is 5.10 Å². The van der Waals surface area contributed by atoms with Gasteiger partial charge in [-0.15, -0.1) is 13.2 Å². The van der Waals surface area contributed by atoms with Crippen LogP contribution in [0.5, 0.6) is 0 Å². The number of amides is 2. The molecule has 0 unspecified atom stereocenters. The van der Waals surface area contributed by atoms with Crippen molar-refractivity contribution in [2.75, 3.05) is 7.04 Å². The van der Waals surface area contributed by atoms with E-state index in [1.807, 2.05) is 0 Å². The van der Waals surface area contributed by atoms with Gasteiger partial charge < -0.3 is 15.8 Å². The van der Waals surface area contributed by atoms with E-state index in [4.69, 9.17) is 9.85 Å². The van der Waals surface area contributed by atoms with Crippen molar-refractivity contribution in [1.29, 1.82) is 0 Å². The Morgan fingerprint density at radius 3 is 2.85 bits per heavy atom. The number of aromatic nitrogens is 3. The molecule has 3 rings (SSSR count). The van der Waals surface area contributed by atoms with Crippen molar-refractivity contribution >= 4 is 17.5 Å². The first-order chi connectivity index (χ1) is 13.8. The van der Waals surface area contributed by atoms with Crippen LogP contribution in [0.3, 0.4) is 0 Å². The maximum absolute atomic E-state index is 12.6. The Labute approximate surface area is 154 Å². The number of hydrogen-bond donors (Lipinski definition) is 2. The second-order valence-electron chi connectivity index (χ2n) is 5.87. The van der Waals surface area contributed by atoms with Crippen molar-refractivity contribution in [3.63, 3.8) is 0 Å². The molecule has 1 aliphatic carbocycles. The van der Waals surface area contributed by atoms with Crippen LogP contribution in [-0.4, -0.2) is 52.0 Å². The van der Waals surface area contributed by atoms with Gasteiger partial charge in [-0.1, -0.05) is 0 Å². The lowest BCUT2D eigenvalue weighted by atomic mass is 9.89. The van der Waals surface area contributed by atoms with Gasteiger partial charge in [-0.25, -0.2) is 9.50 Å². The summed E-state index contributed by atoms with van der Waals surface area (Å²) in [5.74, 6) is -1.63. The van der Waals surface area contributed by atoms with Gasteiger partial charge in [0.15, 0.2) is 5.65 Å². The Balaban J connectivity index is 1.79. The van der Waals surface area contributed by atoms with E-state index in [9.17, 15) is 22.8 Å². The maximum atomic E-state index is 12.6. The van der Waals surface area contributed by atoms with Gasteiger partial charge in [-0.05, 0) is 18.9 Å². The van der Waals surface area contributed by atoms with Gasteiger partial charge in [0, 0.05) is 19.3 Å². The minimum Gasteiger partial charge on any atom is -0.378 e. The van der Waals surface area contributed by atoms with E-state index in [1.165, 1.54) is 12.3 Å². The molecule has 1 saturated carbocycles. The largest absolute Gasteiger partial charge is 0.522 e. The van der Waals surface area contributed by atoms with Crippen molar-refractivity contribution in [2.24, 2.45) is 5.73 Å². The van der Waals surface area contributed by atoms with Crippen LogP contribution in [0.2, 0.25) is 0 Å². The number of alkyl halides is 3. The number of rotatable bonds is 6. The number of nitrogens with two attached hydrogens (primary N) is 1. The second-order valence-corrected chi connectivity index (χ2v) is 5.87. The number of halogens is 3. The Kier molecular flexibility index (Phi) is 4.04. The molecule has 9 nitrogen and oxygen atoms in total. The third kappa shape index (κ3) is 4.01. The maximum Gasteiger partial charge on any atom is 0.522 e. The lowest BCUT2D eigenvalue weighted by Gasteiger charge is -2.35. The molecule has 2 aromatic heterocycles. The summed E-state index contributed by atoms with van der Waals surface area (Å²) in [4.78, 5) is 28.3. The van der Waals surface area contributed by atoms with Crippen LogP contribution in [0.4, 0.5) is 13.2 Å². The molecule has 1 fully saturated rings. The van der Waals surface area contributed by atoms with Crippen LogP contribution < -0.4 is 11.1 Å². The van der Waals surface area contributed by atoms with Gasteiger partial charge >= 0.3 is 6.36 Å². The van der Waals surface area contributed by atoms with E-state index in [0.717, 1.165) is 4.52 Å². The first-order valence-corrected chi connectivity index (χ1v) is 7.70. The molecule has 27 heavy (non-hydrogen) atoms. The summed E-state index contributed by atoms with van der Waals surface area (Å²) in [6, 6.07) is 0.731. The first-order valence-electron chi connectivity index (χ1n) is 9.20. The van der Waals surface area contributed by atoms with Crippen molar-refractivity contribution in [2.45, 2.75) is 38.0 Å². The lowest BCUT2D eigenvalue weighted by molar-refractivity contribution is -0.351. The second kappa shape index (κ2) is 7.12. The highest BCUT2D eigenvalue weighted by atomic mass is 19.4. The van der Waals surface area contributed by atoms with E-state index < -0.39 is 44.0 Å². The Morgan fingerprint density at radius 2 is 2.22 bits per heavy atom. The quantitative estimate of drug-likeness (QED) is 0.752. The molecular formula is C15H16F3N5O4. The van der Waals surface area contributed by atoms with E-state index in [0.29, 0.717) is 0 Å². The zero-order chi connectivity index (χ0) is 22.3. The van der Waals surface area contributed by atoms with Crippen LogP contribution in [-0.2, 0) is 16.1 Å². The third-order valence-corrected chi connectivity index (χ3v) is 4.01. The average molecular weight is 390 g/mol. The molecular weight excluding hydrogens is 371 g/mol.